The average molecular weight is 246 g/mol. The first-order valence-electron chi connectivity index (χ1n) is 4.40. The van der Waals surface area contributed by atoms with Crippen LogP contribution in [0.25, 0.3) is 0 Å². The lowest BCUT2D eigenvalue weighted by Gasteiger charge is -2.06. The summed E-state index contributed by atoms with van der Waals surface area (Å²) in [4.78, 5) is 6.45. The Hall–Kier alpha value is -0.420. The van der Waals surface area contributed by atoms with Crippen LogP contribution in [0.15, 0.2) is 9.26 Å². The molecule has 1 atom stereocenters. The van der Waals surface area contributed by atoms with Crippen LogP contribution in [0.4, 0.5) is 0 Å². The molecule has 0 bridgehead atoms. The first kappa shape index (κ1) is 9.15. The Balaban J connectivity index is 1.91. The molecule has 0 spiro atoms. The summed E-state index contributed by atoms with van der Waals surface area (Å²) < 4.78 is 5.58. The molecule has 1 aromatic rings. The maximum absolute atomic E-state index is 5.03. The van der Waals surface area contributed by atoms with Gasteiger partial charge in [-0.1, -0.05) is 0 Å². The number of aromatic nitrogens is 2. The minimum Gasteiger partial charge on any atom is -0.338 e. The van der Waals surface area contributed by atoms with Gasteiger partial charge in [0.25, 0.3) is 0 Å². The van der Waals surface area contributed by atoms with Gasteiger partial charge in [-0.25, -0.2) is 0 Å². The van der Waals surface area contributed by atoms with Gasteiger partial charge in [-0.15, -0.1) is 0 Å². The first-order chi connectivity index (χ1) is 6.24. The molecule has 1 aliphatic rings. The van der Waals surface area contributed by atoms with Crippen molar-refractivity contribution in [2.45, 2.75) is 12.8 Å². The number of halogens is 1. The molecular formula is C8H12BrN3O. The Kier molecular flexibility index (Phi) is 2.64. The van der Waals surface area contributed by atoms with Gasteiger partial charge in [0.15, 0.2) is 0 Å². The van der Waals surface area contributed by atoms with Gasteiger partial charge >= 0.3 is 0 Å². The van der Waals surface area contributed by atoms with Gasteiger partial charge < -0.3 is 9.42 Å². The molecule has 0 aliphatic carbocycles. The SMILES string of the molecule is CN1CCC(Cc2nc(Br)no2)C1. The number of hydrogen-bond acceptors (Lipinski definition) is 4. The van der Waals surface area contributed by atoms with Crippen molar-refractivity contribution in [2.24, 2.45) is 5.92 Å². The van der Waals surface area contributed by atoms with Gasteiger partial charge in [0.2, 0.25) is 10.6 Å². The second-order valence-corrected chi connectivity index (χ2v) is 4.29. The van der Waals surface area contributed by atoms with Crippen LogP contribution in [0.2, 0.25) is 0 Å². The third kappa shape index (κ3) is 2.28. The van der Waals surface area contributed by atoms with Crippen LogP contribution in [0, 0.1) is 5.92 Å². The largest absolute Gasteiger partial charge is 0.338 e. The number of rotatable bonds is 2. The van der Waals surface area contributed by atoms with Gasteiger partial charge in [-0.05, 0) is 47.0 Å². The van der Waals surface area contributed by atoms with E-state index in [0.717, 1.165) is 18.9 Å². The fourth-order valence-electron chi connectivity index (χ4n) is 1.76. The molecule has 2 rings (SSSR count). The average Bonchev–Trinajstić information content (AvgIpc) is 2.62. The van der Waals surface area contributed by atoms with E-state index in [1.54, 1.807) is 0 Å². The summed E-state index contributed by atoms with van der Waals surface area (Å²) in [5.74, 6) is 1.42. The fourth-order valence-corrected chi connectivity index (χ4v) is 2.03. The zero-order valence-electron chi connectivity index (χ0n) is 7.53. The maximum Gasteiger partial charge on any atom is 0.238 e. The van der Waals surface area contributed by atoms with E-state index in [9.17, 15) is 0 Å². The van der Waals surface area contributed by atoms with E-state index < -0.39 is 0 Å². The molecule has 0 amide bonds. The van der Waals surface area contributed by atoms with Crippen molar-refractivity contribution in [3.05, 3.63) is 10.6 Å². The maximum atomic E-state index is 5.03. The Bertz CT molecular complexity index is 289. The van der Waals surface area contributed by atoms with Gasteiger partial charge in [-0.2, -0.15) is 4.98 Å². The first-order valence-corrected chi connectivity index (χ1v) is 5.20. The summed E-state index contributed by atoms with van der Waals surface area (Å²) in [7, 11) is 2.14. The summed E-state index contributed by atoms with van der Waals surface area (Å²) in [6, 6.07) is 0. The van der Waals surface area contributed by atoms with E-state index in [4.69, 9.17) is 4.52 Å². The van der Waals surface area contributed by atoms with Crippen LogP contribution in [0.5, 0.6) is 0 Å². The van der Waals surface area contributed by atoms with Crippen LogP contribution >= 0.6 is 15.9 Å². The van der Waals surface area contributed by atoms with Crippen molar-refractivity contribution < 1.29 is 4.52 Å². The number of likely N-dealkylation sites (tertiary alicyclic amines) is 1. The Morgan fingerprint density at radius 2 is 2.54 bits per heavy atom. The number of hydrogen-bond donors (Lipinski definition) is 0. The van der Waals surface area contributed by atoms with Crippen molar-refractivity contribution >= 4 is 15.9 Å². The second kappa shape index (κ2) is 3.75. The zero-order chi connectivity index (χ0) is 9.26. The Morgan fingerprint density at radius 1 is 1.69 bits per heavy atom. The molecule has 5 heteroatoms. The van der Waals surface area contributed by atoms with Crippen LogP contribution in [0.3, 0.4) is 0 Å². The third-order valence-corrected chi connectivity index (χ3v) is 2.72. The van der Waals surface area contributed by atoms with E-state index in [2.05, 4.69) is 38.0 Å². The quantitative estimate of drug-likeness (QED) is 0.789. The summed E-state index contributed by atoms with van der Waals surface area (Å²) in [5, 5.41) is 3.69. The van der Waals surface area contributed by atoms with Crippen molar-refractivity contribution in [3.63, 3.8) is 0 Å². The molecule has 0 N–H and O–H groups in total. The zero-order valence-corrected chi connectivity index (χ0v) is 9.12. The predicted molar refractivity (Wildman–Crippen MR) is 51.3 cm³/mol. The molecular weight excluding hydrogens is 234 g/mol. The van der Waals surface area contributed by atoms with Crippen molar-refractivity contribution in [1.82, 2.24) is 15.0 Å². The van der Waals surface area contributed by atoms with Crippen molar-refractivity contribution in [2.75, 3.05) is 20.1 Å². The molecule has 72 valence electrons. The molecule has 1 fully saturated rings. The minimum absolute atomic E-state index is 0.550. The minimum atomic E-state index is 0.550. The Morgan fingerprint density at radius 3 is 3.08 bits per heavy atom. The van der Waals surface area contributed by atoms with E-state index in [-0.39, 0.29) is 0 Å². The van der Waals surface area contributed by atoms with E-state index >= 15 is 0 Å². The number of nitrogens with zero attached hydrogens (tertiary/aromatic N) is 3. The van der Waals surface area contributed by atoms with Gasteiger partial charge in [0.05, 0.1) is 0 Å². The summed E-state index contributed by atoms with van der Waals surface area (Å²) >= 11 is 3.17. The van der Waals surface area contributed by atoms with Crippen LogP contribution < -0.4 is 0 Å². The molecule has 1 unspecified atom stereocenters. The Labute approximate surface area is 85.4 Å². The summed E-state index contributed by atoms with van der Waals surface area (Å²) in [6.07, 6.45) is 2.14. The van der Waals surface area contributed by atoms with Gasteiger partial charge in [0, 0.05) is 13.0 Å². The normalized spacial score (nSPS) is 24.0. The smallest absolute Gasteiger partial charge is 0.238 e. The van der Waals surface area contributed by atoms with Crippen LogP contribution in [-0.4, -0.2) is 35.2 Å². The highest BCUT2D eigenvalue weighted by molar-refractivity contribution is 9.10. The van der Waals surface area contributed by atoms with Crippen LogP contribution in [0.1, 0.15) is 12.3 Å². The van der Waals surface area contributed by atoms with E-state index in [0.29, 0.717) is 10.7 Å². The van der Waals surface area contributed by atoms with Crippen molar-refractivity contribution in [3.8, 4) is 0 Å². The highest BCUT2D eigenvalue weighted by Gasteiger charge is 2.21. The lowest BCUT2D eigenvalue weighted by molar-refractivity contribution is 0.342. The standard InChI is InChI=1S/C8H12BrN3O/c1-12-3-2-6(5-12)4-7-10-8(9)11-13-7/h6H,2-5H2,1H3. The monoisotopic (exact) mass is 245 g/mol. The fraction of sp³-hybridized carbons (Fsp3) is 0.750. The topological polar surface area (TPSA) is 42.2 Å². The summed E-state index contributed by atoms with van der Waals surface area (Å²) in [5.41, 5.74) is 0. The molecule has 0 aromatic carbocycles. The predicted octanol–water partition coefficient (Wildman–Crippen LogP) is 1.33. The molecule has 1 saturated heterocycles. The molecule has 4 nitrogen and oxygen atoms in total. The highest BCUT2D eigenvalue weighted by Crippen LogP contribution is 2.19. The molecule has 0 saturated carbocycles. The highest BCUT2D eigenvalue weighted by atomic mass is 79.9. The van der Waals surface area contributed by atoms with E-state index in [1.807, 2.05) is 0 Å². The summed E-state index contributed by atoms with van der Waals surface area (Å²) in [6.45, 7) is 2.32. The van der Waals surface area contributed by atoms with Gasteiger partial charge in [-0.3, -0.25) is 0 Å². The second-order valence-electron chi connectivity index (χ2n) is 3.58. The van der Waals surface area contributed by atoms with Gasteiger partial charge in [0.1, 0.15) is 0 Å². The van der Waals surface area contributed by atoms with Crippen molar-refractivity contribution in [1.29, 1.82) is 0 Å². The molecule has 1 aliphatic heterocycles. The molecule has 2 heterocycles. The lowest BCUT2D eigenvalue weighted by atomic mass is 10.1. The molecule has 1 aromatic heterocycles. The molecule has 13 heavy (non-hydrogen) atoms. The lowest BCUT2D eigenvalue weighted by Crippen LogP contribution is -2.15. The van der Waals surface area contributed by atoms with E-state index in [1.165, 1.54) is 13.0 Å². The molecule has 0 radical (unpaired) electrons. The third-order valence-electron chi connectivity index (χ3n) is 2.40. The van der Waals surface area contributed by atoms with Crippen LogP contribution in [-0.2, 0) is 6.42 Å².